The molecule has 136 valence electrons. The summed E-state index contributed by atoms with van der Waals surface area (Å²) in [5, 5.41) is 8.71. The molecule has 1 fully saturated rings. The van der Waals surface area contributed by atoms with Gasteiger partial charge < -0.3 is 14.6 Å². The van der Waals surface area contributed by atoms with Crippen LogP contribution in [0.5, 0.6) is 0 Å². The molecule has 1 N–H and O–H groups in total. The van der Waals surface area contributed by atoms with Crippen molar-refractivity contribution in [1.29, 1.82) is 0 Å². The number of aryl methyl sites for hydroxylation is 2. The van der Waals surface area contributed by atoms with Crippen LogP contribution in [0.2, 0.25) is 0 Å². The number of nitrogens with zero attached hydrogens (tertiary/aromatic N) is 3. The highest BCUT2D eigenvalue weighted by Gasteiger charge is 2.19. The number of para-hydroxylation sites is 1. The Labute approximate surface area is 153 Å². The second-order valence-corrected chi connectivity index (χ2v) is 6.81. The molecule has 1 aliphatic heterocycles. The van der Waals surface area contributed by atoms with Crippen LogP contribution in [-0.4, -0.2) is 34.4 Å². The third-order valence-corrected chi connectivity index (χ3v) is 4.74. The third-order valence-electron chi connectivity index (χ3n) is 4.74. The number of hydrogen-bond donors (Lipinski definition) is 1. The van der Waals surface area contributed by atoms with Gasteiger partial charge >= 0.3 is 0 Å². The van der Waals surface area contributed by atoms with E-state index in [0.29, 0.717) is 11.7 Å². The number of nitrogens with one attached hydrogen (secondary N) is 1. The first-order valence-corrected chi connectivity index (χ1v) is 9.33. The minimum Gasteiger partial charge on any atom is -0.376 e. The SMILES string of the molecule is CCCc1nc(-c2cc3cccc(C)c3nc2NC[C@H]2CCCO2)no1. The molecule has 3 aromatic rings. The first kappa shape index (κ1) is 17.0. The Bertz CT molecular complexity index is 900. The zero-order valence-corrected chi connectivity index (χ0v) is 15.3. The number of pyridine rings is 1. The van der Waals surface area contributed by atoms with Crippen LogP contribution in [0.1, 0.15) is 37.6 Å². The highest BCUT2D eigenvalue weighted by atomic mass is 16.5. The molecule has 4 rings (SSSR count). The van der Waals surface area contributed by atoms with Gasteiger partial charge in [0.25, 0.3) is 0 Å². The van der Waals surface area contributed by atoms with Gasteiger partial charge in [-0.15, -0.1) is 0 Å². The average molecular weight is 352 g/mol. The van der Waals surface area contributed by atoms with Gasteiger partial charge in [-0.1, -0.05) is 30.3 Å². The van der Waals surface area contributed by atoms with E-state index in [1.165, 1.54) is 0 Å². The maximum absolute atomic E-state index is 5.73. The largest absolute Gasteiger partial charge is 0.376 e. The number of benzene rings is 1. The zero-order valence-electron chi connectivity index (χ0n) is 15.3. The Balaban J connectivity index is 1.73. The summed E-state index contributed by atoms with van der Waals surface area (Å²) in [5.74, 6) is 2.03. The second kappa shape index (κ2) is 7.41. The van der Waals surface area contributed by atoms with Gasteiger partial charge in [0.05, 0.1) is 17.2 Å². The molecule has 1 atom stereocenters. The third kappa shape index (κ3) is 3.42. The summed E-state index contributed by atoms with van der Waals surface area (Å²) in [6, 6.07) is 8.28. The number of fused-ring (bicyclic) bond motifs is 1. The summed E-state index contributed by atoms with van der Waals surface area (Å²) >= 11 is 0. The van der Waals surface area contributed by atoms with E-state index in [1.54, 1.807) is 0 Å². The Morgan fingerprint density at radius 2 is 2.19 bits per heavy atom. The summed E-state index contributed by atoms with van der Waals surface area (Å²) in [5.41, 5.74) is 3.00. The lowest BCUT2D eigenvalue weighted by Crippen LogP contribution is -2.19. The first-order chi connectivity index (χ1) is 12.7. The molecule has 1 aliphatic rings. The van der Waals surface area contributed by atoms with Crippen LogP contribution in [0.3, 0.4) is 0 Å². The van der Waals surface area contributed by atoms with E-state index in [2.05, 4.69) is 47.5 Å². The van der Waals surface area contributed by atoms with Crippen molar-refractivity contribution in [3.8, 4) is 11.4 Å². The van der Waals surface area contributed by atoms with Crippen LogP contribution in [0.15, 0.2) is 28.8 Å². The van der Waals surface area contributed by atoms with Crippen LogP contribution in [0, 0.1) is 6.92 Å². The molecule has 0 amide bonds. The van der Waals surface area contributed by atoms with Crippen molar-refractivity contribution in [3.05, 3.63) is 35.7 Å². The summed E-state index contributed by atoms with van der Waals surface area (Å²) in [6.07, 6.45) is 4.19. The Hall–Kier alpha value is -2.47. The average Bonchev–Trinajstić information content (AvgIpc) is 3.32. The van der Waals surface area contributed by atoms with Crippen molar-refractivity contribution in [2.24, 2.45) is 0 Å². The number of rotatable bonds is 6. The Morgan fingerprint density at radius 3 is 3.00 bits per heavy atom. The molecule has 2 aromatic heterocycles. The van der Waals surface area contributed by atoms with E-state index >= 15 is 0 Å². The van der Waals surface area contributed by atoms with E-state index in [-0.39, 0.29) is 6.10 Å². The van der Waals surface area contributed by atoms with E-state index in [1.807, 2.05) is 6.07 Å². The monoisotopic (exact) mass is 352 g/mol. The van der Waals surface area contributed by atoms with Gasteiger partial charge in [-0.3, -0.25) is 0 Å². The molecule has 0 bridgehead atoms. The normalized spacial score (nSPS) is 17.1. The van der Waals surface area contributed by atoms with Gasteiger partial charge in [0, 0.05) is 25.0 Å². The molecule has 0 saturated carbocycles. The fourth-order valence-electron chi connectivity index (χ4n) is 3.35. The van der Waals surface area contributed by atoms with Crippen LogP contribution >= 0.6 is 0 Å². The number of anilines is 1. The molecule has 0 unspecified atom stereocenters. The van der Waals surface area contributed by atoms with Crippen molar-refractivity contribution in [2.75, 3.05) is 18.5 Å². The highest BCUT2D eigenvalue weighted by Crippen LogP contribution is 2.30. The lowest BCUT2D eigenvalue weighted by atomic mass is 10.1. The Morgan fingerprint density at radius 1 is 1.27 bits per heavy atom. The predicted octanol–water partition coefficient (Wildman–Crippen LogP) is 4.14. The molecular formula is C20H24N4O2. The summed E-state index contributed by atoms with van der Waals surface area (Å²) in [7, 11) is 0. The summed E-state index contributed by atoms with van der Waals surface area (Å²) in [6.45, 7) is 5.75. The molecule has 1 aromatic carbocycles. The maximum atomic E-state index is 5.73. The molecule has 1 saturated heterocycles. The van der Waals surface area contributed by atoms with E-state index in [4.69, 9.17) is 14.2 Å². The smallest absolute Gasteiger partial charge is 0.226 e. The van der Waals surface area contributed by atoms with Crippen LogP contribution in [-0.2, 0) is 11.2 Å². The van der Waals surface area contributed by atoms with Crippen LogP contribution in [0.4, 0.5) is 5.82 Å². The van der Waals surface area contributed by atoms with E-state index in [0.717, 1.165) is 66.7 Å². The molecule has 0 aliphatic carbocycles. The molecule has 26 heavy (non-hydrogen) atoms. The summed E-state index contributed by atoms with van der Waals surface area (Å²) in [4.78, 5) is 9.43. The molecule has 6 heteroatoms. The van der Waals surface area contributed by atoms with E-state index in [9.17, 15) is 0 Å². The van der Waals surface area contributed by atoms with Gasteiger partial charge in [-0.05, 0) is 37.8 Å². The number of hydrogen-bond acceptors (Lipinski definition) is 6. The molecule has 3 heterocycles. The van der Waals surface area contributed by atoms with Crippen molar-refractivity contribution in [1.82, 2.24) is 15.1 Å². The van der Waals surface area contributed by atoms with Crippen LogP contribution in [0.25, 0.3) is 22.3 Å². The quantitative estimate of drug-likeness (QED) is 0.719. The fourth-order valence-corrected chi connectivity index (χ4v) is 3.35. The van der Waals surface area contributed by atoms with Gasteiger partial charge in [-0.2, -0.15) is 4.98 Å². The lowest BCUT2D eigenvalue weighted by Gasteiger charge is -2.14. The van der Waals surface area contributed by atoms with Crippen LogP contribution < -0.4 is 5.32 Å². The molecule has 0 spiro atoms. The first-order valence-electron chi connectivity index (χ1n) is 9.33. The summed E-state index contributed by atoms with van der Waals surface area (Å²) < 4.78 is 11.1. The molecular weight excluding hydrogens is 328 g/mol. The fraction of sp³-hybridized carbons (Fsp3) is 0.450. The second-order valence-electron chi connectivity index (χ2n) is 6.81. The number of aromatic nitrogens is 3. The topological polar surface area (TPSA) is 73.1 Å². The van der Waals surface area contributed by atoms with Crippen molar-refractivity contribution >= 4 is 16.7 Å². The number of ether oxygens (including phenoxy) is 1. The zero-order chi connectivity index (χ0) is 17.9. The van der Waals surface area contributed by atoms with Crippen molar-refractivity contribution in [3.63, 3.8) is 0 Å². The van der Waals surface area contributed by atoms with Gasteiger partial charge in [-0.25, -0.2) is 4.98 Å². The minimum atomic E-state index is 0.234. The van der Waals surface area contributed by atoms with Crippen molar-refractivity contribution < 1.29 is 9.26 Å². The van der Waals surface area contributed by atoms with Gasteiger partial charge in [0.1, 0.15) is 5.82 Å². The minimum absolute atomic E-state index is 0.234. The Kier molecular flexibility index (Phi) is 4.84. The predicted molar refractivity (Wildman–Crippen MR) is 101 cm³/mol. The lowest BCUT2D eigenvalue weighted by molar-refractivity contribution is 0.120. The highest BCUT2D eigenvalue weighted by molar-refractivity contribution is 5.89. The molecule has 0 radical (unpaired) electrons. The van der Waals surface area contributed by atoms with E-state index < -0.39 is 0 Å². The maximum Gasteiger partial charge on any atom is 0.226 e. The van der Waals surface area contributed by atoms with Gasteiger partial charge in [0.15, 0.2) is 0 Å². The molecule has 6 nitrogen and oxygen atoms in total. The van der Waals surface area contributed by atoms with Gasteiger partial charge in [0.2, 0.25) is 11.7 Å². The standard InChI is InChI=1S/C20H24N4O2/c1-3-6-17-22-20(24-26-17)16-11-14-8-4-7-13(2)18(14)23-19(16)21-12-15-9-5-10-25-15/h4,7-8,11,15H,3,5-6,9-10,12H2,1-2H3,(H,21,23)/t15-/m1/s1. The van der Waals surface area contributed by atoms with Crippen molar-refractivity contribution in [2.45, 2.75) is 45.6 Å².